The summed E-state index contributed by atoms with van der Waals surface area (Å²) in [4.78, 5) is 3.61. The zero-order valence-corrected chi connectivity index (χ0v) is 11.8. The van der Waals surface area contributed by atoms with E-state index in [1.165, 1.54) is 11.8 Å². The van der Waals surface area contributed by atoms with Crippen molar-refractivity contribution in [2.75, 3.05) is 21.1 Å². The quantitative estimate of drug-likeness (QED) is 0.426. The predicted molar refractivity (Wildman–Crippen MR) is 76.0 cm³/mol. The Morgan fingerprint density at radius 1 is 1.15 bits per heavy atom. The molecular formula is C6H12N2S5. The number of thiocarbonyl (C=S) groups is 2. The average molecular weight is 273 g/mol. The van der Waals surface area contributed by atoms with Crippen LogP contribution < -0.4 is 0 Å². The van der Waals surface area contributed by atoms with Crippen LogP contribution in [0.15, 0.2) is 0 Å². The Morgan fingerprint density at radius 2 is 1.62 bits per heavy atom. The molecule has 2 nitrogen and oxygen atoms in total. The van der Waals surface area contributed by atoms with Crippen LogP contribution in [0.4, 0.5) is 0 Å². The SMILES string of the molecule is CN(C)C(=S)SC(=S)N(C)C(S)S. The Kier molecular flexibility index (Phi) is 6.74. The van der Waals surface area contributed by atoms with Gasteiger partial charge in [0.25, 0.3) is 0 Å². The fraction of sp³-hybridized carbons (Fsp3) is 0.667. The Bertz CT molecular complexity index is 203. The second-order valence-corrected chi connectivity index (χ2v) is 6.14. The molecule has 0 N–H and O–H groups in total. The van der Waals surface area contributed by atoms with E-state index in [1.807, 2.05) is 26.0 Å². The van der Waals surface area contributed by atoms with Gasteiger partial charge in [-0.1, -0.05) is 24.4 Å². The minimum atomic E-state index is -0.190. The van der Waals surface area contributed by atoms with Crippen molar-refractivity contribution in [1.29, 1.82) is 0 Å². The summed E-state index contributed by atoms with van der Waals surface area (Å²) >= 11 is 19.8. The maximum Gasteiger partial charge on any atom is 0.144 e. The van der Waals surface area contributed by atoms with Crippen molar-refractivity contribution in [1.82, 2.24) is 9.80 Å². The standard InChI is InChI=1S/C6H12N2S5/c1-7(2)5(11)13-6(12)8(3)4(9)10/h4,9-10H,1-3H3. The molecule has 0 saturated carbocycles. The maximum absolute atomic E-state index is 5.13. The van der Waals surface area contributed by atoms with Crippen LogP contribution in [-0.2, 0) is 0 Å². The normalized spacial score (nSPS) is 10.0. The van der Waals surface area contributed by atoms with Crippen molar-refractivity contribution in [3.05, 3.63) is 0 Å². The fourth-order valence-corrected chi connectivity index (χ4v) is 2.19. The highest BCUT2D eigenvalue weighted by Crippen LogP contribution is 2.17. The molecule has 13 heavy (non-hydrogen) atoms. The van der Waals surface area contributed by atoms with Gasteiger partial charge in [-0.2, -0.15) is 0 Å². The van der Waals surface area contributed by atoms with Crippen molar-refractivity contribution in [2.45, 2.75) is 4.71 Å². The lowest BCUT2D eigenvalue weighted by Crippen LogP contribution is -2.29. The number of hydrogen-bond acceptors (Lipinski definition) is 5. The van der Waals surface area contributed by atoms with Crippen molar-refractivity contribution >= 4 is 70.1 Å². The van der Waals surface area contributed by atoms with Gasteiger partial charge in [-0.15, -0.1) is 25.3 Å². The average Bonchev–Trinajstić information content (AvgIpc) is 2.02. The molecule has 0 rings (SSSR count). The summed E-state index contributed by atoms with van der Waals surface area (Å²) in [5.74, 6) is 0. The van der Waals surface area contributed by atoms with Gasteiger partial charge in [-0.3, -0.25) is 0 Å². The van der Waals surface area contributed by atoms with Crippen LogP contribution >= 0.6 is 61.5 Å². The number of hydrogen-bond donors (Lipinski definition) is 2. The predicted octanol–water partition coefficient (Wildman–Crippen LogP) is 1.93. The van der Waals surface area contributed by atoms with E-state index in [4.69, 9.17) is 24.4 Å². The number of thioether (sulfide) groups is 1. The Balaban J connectivity index is 4.08. The number of thiol groups is 2. The maximum atomic E-state index is 5.13. The fourth-order valence-electron chi connectivity index (χ4n) is 0.332. The van der Waals surface area contributed by atoms with Gasteiger partial charge in [-0.25, -0.2) is 0 Å². The highest BCUT2D eigenvalue weighted by Gasteiger charge is 2.12. The van der Waals surface area contributed by atoms with Gasteiger partial charge in [0.05, 0.1) is 0 Å². The van der Waals surface area contributed by atoms with E-state index in [-0.39, 0.29) is 4.71 Å². The molecule has 0 radical (unpaired) electrons. The summed E-state index contributed by atoms with van der Waals surface area (Å²) < 4.78 is 1.22. The van der Waals surface area contributed by atoms with E-state index >= 15 is 0 Å². The Morgan fingerprint density at radius 3 is 1.92 bits per heavy atom. The van der Waals surface area contributed by atoms with Crippen molar-refractivity contribution in [2.24, 2.45) is 0 Å². The zero-order valence-electron chi connectivity index (χ0n) is 7.59. The van der Waals surface area contributed by atoms with Gasteiger partial charge in [0, 0.05) is 21.1 Å². The van der Waals surface area contributed by atoms with Crippen LogP contribution in [-0.4, -0.2) is 44.3 Å². The third kappa shape index (κ3) is 5.31. The third-order valence-corrected chi connectivity index (χ3v) is 4.02. The lowest BCUT2D eigenvalue weighted by molar-refractivity contribution is 0.596. The topological polar surface area (TPSA) is 6.48 Å². The first-order valence-corrected chi connectivity index (χ1v) is 6.05. The zero-order chi connectivity index (χ0) is 10.6. The van der Waals surface area contributed by atoms with E-state index in [0.29, 0.717) is 4.32 Å². The minimum Gasteiger partial charge on any atom is -0.363 e. The molecule has 0 atom stereocenters. The van der Waals surface area contributed by atoms with Gasteiger partial charge >= 0.3 is 0 Å². The van der Waals surface area contributed by atoms with E-state index < -0.39 is 0 Å². The van der Waals surface area contributed by atoms with Crippen molar-refractivity contribution in [3.8, 4) is 0 Å². The van der Waals surface area contributed by atoms with E-state index in [1.54, 1.807) is 4.90 Å². The molecule has 76 valence electrons. The van der Waals surface area contributed by atoms with Gasteiger partial charge in [0.1, 0.15) is 13.3 Å². The van der Waals surface area contributed by atoms with Crippen LogP contribution in [0.25, 0.3) is 0 Å². The Labute approximate surface area is 105 Å². The molecule has 0 fully saturated rings. The third-order valence-electron chi connectivity index (χ3n) is 1.17. The monoisotopic (exact) mass is 272 g/mol. The number of nitrogens with zero attached hydrogens (tertiary/aromatic N) is 2. The van der Waals surface area contributed by atoms with Crippen molar-refractivity contribution < 1.29 is 0 Å². The molecule has 0 unspecified atom stereocenters. The molecule has 0 amide bonds. The lowest BCUT2D eigenvalue weighted by Gasteiger charge is -2.23. The van der Waals surface area contributed by atoms with E-state index in [2.05, 4.69) is 25.3 Å². The molecule has 0 saturated heterocycles. The van der Waals surface area contributed by atoms with E-state index in [9.17, 15) is 0 Å². The summed E-state index contributed by atoms with van der Waals surface area (Å²) in [7, 11) is 5.60. The molecule has 7 heteroatoms. The summed E-state index contributed by atoms with van der Waals surface area (Å²) in [5, 5.41) is 0. The highest BCUT2D eigenvalue weighted by atomic mass is 32.2. The first-order chi connectivity index (χ1) is 5.86. The van der Waals surface area contributed by atoms with Crippen molar-refractivity contribution in [3.63, 3.8) is 0 Å². The largest absolute Gasteiger partial charge is 0.363 e. The first-order valence-electron chi connectivity index (χ1n) is 3.38. The van der Waals surface area contributed by atoms with Crippen LogP contribution in [0.1, 0.15) is 0 Å². The smallest absolute Gasteiger partial charge is 0.144 e. The van der Waals surface area contributed by atoms with Crippen LogP contribution in [0.5, 0.6) is 0 Å². The molecule has 0 aromatic heterocycles. The second-order valence-electron chi connectivity index (χ2n) is 2.49. The van der Waals surface area contributed by atoms with Gasteiger partial charge in [0.2, 0.25) is 0 Å². The van der Waals surface area contributed by atoms with Crippen LogP contribution in [0.3, 0.4) is 0 Å². The lowest BCUT2D eigenvalue weighted by atomic mass is 11.0. The van der Waals surface area contributed by atoms with Crippen LogP contribution in [0.2, 0.25) is 0 Å². The number of rotatable bonds is 1. The van der Waals surface area contributed by atoms with Gasteiger partial charge < -0.3 is 9.80 Å². The van der Waals surface area contributed by atoms with Crippen LogP contribution in [0, 0.1) is 0 Å². The molecule has 0 aromatic rings. The first kappa shape index (κ1) is 13.8. The van der Waals surface area contributed by atoms with Gasteiger partial charge in [0.15, 0.2) is 0 Å². The molecule has 0 aromatic carbocycles. The van der Waals surface area contributed by atoms with E-state index in [0.717, 1.165) is 4.32 Å². The summed E-state index contributed by atoms with van der Waals surface area (Å²) in [5.41, 5.74) is 0. The summed E-state index contributed by atoms with van der Waals surface area (Å²) in [6.45, 7) is 0. The molecule has 0 aliphatic heterocycles. The molecular weight excluding hydrogens is 260 g/mol. The molecule has 0 heterocycles. The molecule has 0 bridgehead atoms. The summed E-state index contributed by atoms with van der Waals surface area (Å²) in [6.07, 6.45) is 0. The molecule has 0 aliphatic rings. The minimum absolute atomic E-state index is 0.190. The Hall–Kier alpha value is 0.830. The highest BCUT2D eigenvalue weighted by molar-refractivity contribution is 8.37. The van der Waals surface area contributed by atoms with Gasteiger partial charge in [-0.05, 0) is 11.8 Å². The summed E-state index contributed by atoms with van der Waals surface area (Å²) in [6, 6.07) is 0. The molecule has 0 aliphatic carbocycles. The second kappa shape index (κ2) is 6.34. The molecule has 0 spiro atoms.